The molecule has 6 nitrogen and oxygen atoms in total. The van der Waals surface area contributed by atoms with E-state index in [4.69, 9.17) is 21.1 Å². The topological polar surface area (TPSA) is 65.4 Å². The molecule has 4 rings (SSSR count). The number of hydrogen-bond acceptors (Lipinski definition) is 5. The van der Waals surface area contributed by atoms with Crippen LogP contribution < -0.4 is 14.8 Å². The van der Waals surface area contributed by atoms with Crippen molar-refractivity contribution in [3.63, 3.8) is 0 Å². The minimum atomic E-state index is -0.290. The molecule has 0 atom stereocenters. The lowest BCUT2D eigenvalue weighted by Crippen LogP contribution is -2.20. The SMILES string of the molecule is Cn1ccnc1Sc1ccc(Cl)cc1NC(=O)c1cccc2c1OCCO2. The molecule has 1 N–H and O–H groups in total. The third-order valence-electron chi connectivity index (χ3n) is 3.98. The second-order valence-corrected chi connectivity index (χ2v) is 7.29. The fourth-order valence-electron chi connectivity index (χ4n) is 2.68. The molecule has 1 amide bonds. The highest BCUT2D eigenvalue weighted by atomic mass is 35.5. The maximum atomic E-state index is 12.9. The number of fused-ring (bicyclic) bond motifs is 1. The fraction of sp³-hybridized carbons (Fsp3) is 0.158. The van der Waals surface area contributed by atoms with Gasteiger partial charge in [-0.25, -0.2) is 4.98 Å². The van der Waals surface area contributed by atoms with Crippen LogP contribution >= 0.6 is 23.4 Å². The summed E-state index contributed by atoms with van der Waals surface area (Å²) in [6, 6.07) is 10.6. The predicted molar refractivity (Wildman–Crippen MR) is 104 cm³/mol. The van der Waals surface area contributed by atoms with Crippen LogP contribution in [0.5, 0.6) is 11.5 Å². The van der Waals surface area contributed by atoms with Crippen LogP contribution in [0.2, 0.25) is 5.02 Å². The lowest BCUT2D eigenvalue weighted by molar-refractivity contribution is 0.101. The average Bonchev–Trinajstić information content (AvgIpc) is 3.08. The highest BCUT2D eigenvalue weighted by Gasteiger charge is 2.21. The number of aromatic nitrogens is 2. The molecule has 1 aliphatic rings. The van der Waals surface area contributed by atoms with Gasteiger partial charge in [0.25, 0.3) is 5.91 Å². The Morgan fingerprint density at radius 1 is 1.26 bits per heavy atom. The number of para-hydroxylation sites is 1. The lowest BCUT2D eigenvalue weighted by Gasteiger charge is -2.20. The Bertz CT molecular complexity index is 1010. The second-order valence-electron chi connectivity index (χ2n) is 5.85. The number of nitrogens with zero attached hydrogens (tertiary/aromatic N) is 2. The number of ether oxygens (including phenoxy) is 2. The van der Waals surface area contributed by atoms with Crippen molar-refractivity contribution in [2.24, 2.45) is 7.05 Å². The maximum absolute atomic E-state index is 12.9. The summed E-state index contributed by atoms with van der Waals surface area (Å²) in [5.74, 6) is 0.741. The van der Waals surface area contributed by atoms with E-state index < -0.39 is 0 Å². The number of amides is 1. The van der Waals surface area contributed by atoms with Crippen molar-refractivity contribution in [2.75, 3.05) is 18.5 Å². The maximum Gasteiger partial charge on any atom is 0.259 e. The van der Waals surface area contributed by atoms with Crippen LogP contribution in [0.1, 0.15) is 10.4 Å². The van der Waals surface area contributed by atoms with Gasteiger partial charge in [-0.15, -0.1) is 0 Å². The summed E-state index contributed by atoms with van der Waals surface area (Å²) >= 11 is 7.59. The highest BCUT2D eigenvalue weighted by Crippen LogP contribution is 2.37. The van der Waals surface area contributed by atoms with Gasteiger partial charge >= 0.3 is 0 Å². The molecule has 1 aliphatic heterocycles. The molecule has 2 heterocycles. The number of aryl methyl sites for hydroxylation is 1. The summed E-state index contributed by atoms with van der Waals surface area (Å²) in [7, 11) is 1.91. The lowest BCUT2D eigenvalue weighted by atomic mass is 10.1. The summed E-state index contributed by atoms with van der Waals surface area (Å²) in [5, 5.41) is 4.27. The van der Waals surface area contributed by atoms with Crippen LogP contribution in [0.3, 0.4) is 0 Å². The quantitative estimate of drug-likeness (QED) is 0.708. The molecule has 138 valence electrons. The first-order chi connectivity index (χ1) is 13.1. The van der Waals surface area contributed by atoms with Gasteiger partial charge < -0.3 is 19.4 Å². The Morgan fingerprint density at radius 2 is 2.11 bits per heavy atom. The van der Waals surface area contributed by atoms with E-state index in [0.29, 0.717) is 41.0 Å². The van der Waals surface area contributed by atoms with Crippen LogP contribution in [0.25, 0.3) is 0 Å². The van der Waals surface area contributed by atoms with Crippen molar-refractivity contribution in [1.29, 1.82) is 0 Å². The van der Waals surface area contributed by atoms with Crippen LogP contribution in [0.15, 0.2) is 58.8 Å². The van der Waals surface area contributed by atoms with Gasteiger partial charge in [-0.05, 0) is 42.1 Å². The Morgan fingerprint density at radius 3 is 2.93 bits per heavy atom. The van der Waals surface area contributed by atoms with Crippen LogP contribution in [-0.4, -0.2) is 28.7 Å². The van der Waals surface area contributed by atoms with Crippen molar-refractivity contribution < 1.29 is 14.3 Å². The molecule has 3 aromatic rings. The van der Waals surface area contributed by atoms with Crippen LogP contribution in [0.4, 0.5) is 5.69 Å². The standard InChI is InChI=1S/C19H16ClN3O3S/c1-23-8-7-21-19(23)27-16-6-5-12(20)11-14(16)22-18(24)13-3-2-4-15-17(13)26-10-9-25-15/h2-8,11H,9-10H2,1H3,(H,22,24). The Kier molecular flexibility index (Phi) is 4.96. The second kappa shape index (κ2) is 7.54. The number of nitrogens with one attached hydrogen (secondary N) is 1. The fourth-order valence-corrected chi connectivity index (χ4v) is 3.72. The molecular formula is C19H16ClN3O3S. The molecule has 1 aromatic heterocycles. The zero-order chi connectivity index (χ0) is 18.8. The van der Waals surface area contributed by atoms with E-state index in [-0.39, 0.29) is 5.91 Å². The number of rotatable bonds is 4. The van der Waals surface area contributed by atoms with Gasteiger partial charge in [0, 0.05) is 29.4 Å². The Balaban J connectivity index is 1.64. The van der Waals surface area contributed by atoms with Crippen molar-refractivity contribution in [2.45, 2.75) is 10.1 Å². The average molecular weight is 402 g/mol. The first kappa shape index (κ1) is 17.8. The molecule has 0 spiro atoms. The number of imidazole rings is 1. The summed E-state index contributed by atoms with van der Waals surface area (Å²) in [6.07, 6.45) is 3.59. The van der Waals surface area contributed by atoms with Gasteiger partial charge in [0.05, 0.1) is 11.3 Å². The smallest absolute Gasteiger partial charge is 0.259 e. The van der Waals surface area contributed by atoms with Crippen LogP contribution in [-0.2, 0) is 7.05 Å². The van der Waals surface area contributed by atoms with E-state index in [0.717, 1.165) is 10.1 Å². The van der Waals surface area contributed by atoms with Gasteiger partial charge in [0.2, 0.25) is 0 Å². The van der Waals surface area contributed by atoms with Crippen molar-refractivity contribution in [3.05, 3.63) is 59.4 Å². The molecule has 0 unspecified atom stereocenters. The van der Waals surface area contributed by atoms with Gasteiger partial charge in [0.15, 0.2) is 16.7 Å². The van der Waals surface area contributed by atoms with E-state index in [2.05, 4.69) is 10.3 Å². The predicted octanol–water partition coefficient (Wildman–Crippen LogP) is 4.25. The summed E-state index contributed by atoms with van der Waals surface area (Å²) in [4.78, 5) is 18.0. The molecule has 0 saturated carbocycles. The third kappa shape index (κ3) is 3.74. The van der Waals surface area contributed by atoms with E-state index in [1.165, 1.54) is 11.8 Å². The van der Waals surface area contributed by atoms with Crippen LogP contribution in [0, 0.1) is 0 Å². The summed E-state index contributed by atoms with van der Waals surface area (Å²) in [6.45, 7) is 0.880. The number of benzene rings is 2. The molecule has 0 radical (unpaired) electrons. The van der Waals surface area contributed by atoms with E-state index in [1.54, 1.807) is 36.5 Å². The van der Waals surface area contributed by atoms with Crippen molar-refractivity contribution in [3.8, 4) is 11.5 Å². The minimum Gasteiger partial charge on any atom is -0.486 e. The molecule has 27 heavy (non-hydrogen) atoms. The summed E-state index contributed by atoms with van der Waals surface area (Å²) in [5.41, 5.74) is 1.02. The first-order valence-electron chi connectivity index (χ1n) is 8.26. The van der Waals surface area contributed by atoms with Gasteiger partial charge in [-0.1, -0.05) is 17.7 Å². The largest absolute Gasteiger partial charge is 0.486 e. The van der Waals surface area contributed by atoms with Gasteiger partial charge in [-0.3, -0.25) is 4.79 Å². The number of hydrogen-bond donors (Lipinski definition) is 1. The zero-order valence-corrected chi connectivity index (χ0v) is 16.0. The van der Waals surface area contributed by atoms with E-state index in [1.807, 2.05) is 23.9 Å². The molecule has 8 heteroatoms. The Labute approximate surface area is 165 Å². The van der Waals surface area contributed by atoms with Crippen molar-refractivity contribution >= 4 is 35.0 Å². The molecule has 0 fully saturated rings. The number of anilines is 1. The molecular weight excluding hydrogens is 386 g/mol. The van der Waals surface area contributed by atoms with E-state index >= 15 is 0 Å². The summed E-state index contributed by atoms with van der Waals surface area (Å²) < 4.78 is 13.1. The minimum absolute atomic E-state index is 0.290. The molecule has 0 aliphatic carbocycles. The Hall–Kier alpha value is -2.64. The van der Waals surface area contributed by atoms with E-state index in [9.17, 15) is 4.79 Å². The van der Waals surface area contributed by atoms with Gasteiger partial charge in [0.1, 0.15) is 13.2 Å². The number of carbonyl (C=O) groups is 1. The van der Waals surface area contributed by atoms with Gasteiger partial charge in [-0.2, -0.15) is 0 Å². The first-order valence-corrected chi connectivity index (χ1v) is 9.46. The molecule has 0 bridgehead atoms. The zero-order valence-electron chi connectivity index (χ0n) is 14.4. The monoisotopic (exact) mass is 401 g/mol. The number of halogens is 1. The third-order valence-corrected chi connectivity index (χ3v) is 5.37. The van der Waals surface area contributed by atoms with Crippen molar-refractivity contribution in [1.82, 2.24) is 9.55 Å². The molecule has 2 aromatic carbocycles. The normalized spacial score (nSPS) is 12.7. The molecule has 0 saturated heterocycles. The highest BCUT2D eigenvalue weighted by molar-refractivity contribution is 7.99. The number of carbonyl (C=O) groups excluding carboxylic acids is 1.